The van der Waals surface area contributed by atoms with Gasteiger partial charge in [-0.2, -0.15) is 0 Å². The van der Waals surface area contributed by atoms with Gasteiger partial charge in [0.25, 0.3) is 0 Å². The van der Waals surface area contributed by atoms with E-state index < -0.39 is 17.9 Å². The Balaban J connectivity index is 2.49. The van der Waals surface area contributed by atoms with Crippen LogP contribution in [0.1, 0.15) is 65.9 Å². The second-order valence-corrected chi connectivity index (χ2v) is 9.22. The molecule has 9 heteroatoms. The summed E-state index contributed by atoms with van der Waals surface area (Å²) < 4.78 is 5.79. The molecule has 0 aliphatic heterocycles. The number of unbranched alkanes of at least 4 members (excludes halogenated alkanes) is 3. The third-order valence-corrected chi connectivity index (χ3v) is 4.70. The summed E-state index contributed by atoms with van der Waals surface area (Å²) in [5.74, 6) is -0.891. The maximum atomic E-state index is 12.6. The highest BCUT2D eigenvalue weighted by Crippen LogP contribution is 2.19. The van der Waals surface area contributed by atoms with Crippen LogP contribution in [0.2, 0.25) is 0 Å². The molecular weight excluding hydrogens is 436 g/mol. The predicted molar refractivity (Wildman–Crippen MR) is 131 cm³/mol. The third kappa shape index (κ3) is 13.4. The van der Waals surface area contributed by atoms with E-state index >= 15 is 0 Å². The van der Waals surface area contributed by atoms with Crippen LogP contribution in [0.15, 0.2) is 24.3 Å². The average Bonchev–Trinajstić information content (AvgIpc) is 2.75. The number of rotatable bonds is 14. The van der Waals surface area contributed by atoms with E-state index in [2.05, 4.69) is 28.2 Å². The minimum atomic E-state index is -0.842. The molecule has 0 bridgehead atoms. The molecule has 1 aromatic rings. The van der Waals surface area contributed by atoms with Crippen molar-refractivity contribution < 1.29 is 23.9 Å². The van der Waals surface area contributed by atoms with E-state index in [9.17, 15) is 19.2 Å². The zero-order chi connectivity index (χ0) is 25.6. The van der Waals surface area contributed by atoms with Gasteiger partial charge in [-0.1, -0.05) is 38.3 Å². The van der Waals surface area contributed by atoms with Gasteiger partial charge in [-0.05, 0) is 44.9 Å². The molecule has 0 aliphatic rings. The first-order chi connectivity index (χ1) is 16.0. The van der Waals surface area contributed by atoms with Gasteiger partial charge in [-0.15, -0.1) is 0 Å². The summed E-state index contributed by atoms with van der Waals surface area (Å²) in [7, 11) is 0. The molecule has 4 amide bonds. The van der Waals surface area contributed by atoms with Crippen molar-refractivity contribution in [1.29, 1.82) is 0 Å². The highest BCUT2D eigenvalue weighted by molar-refractivity contribution is 5.91. The van der Waals surface area contributed by atoms with Crippen LogP contribution >= 0.6 is 0 Å². The van der Waals surface area contributed by atoms with Gasteiger partial charge in [0.05, 0.1) is 13.1 Å². The Bertz CT molecular complexity index is 803. The molecule has 0 aromatic heterocycles. The molecule has 1 unspecified atom stereocenters. The molecule has 1 atom stereocenters. The van der Waals surface area contributed by atoms with Crippen molar-refractivity contribution in [2.45, 2.75) is 78.4 Å². The number of hydrogen-bond donors (Lipinski definition) is 4. The lowest BCUT2D eigenvalue weighted by molar-refractivity contribution is -0.130. The molecule has 4 N–H and O–H groups in total. The monoisotopic (exact) mass is 476 g/mol. The Morgan fingerprint density at radius 2 is 1.50 bits per heavy atom. The third-order valence-electron chi connectivity index (χ3n) is 4.70. The quantitative estimate of drug-likeness (QED) is 0.305. The molecule has 9 nitrogen and oxygen atoms in total. The fraction of sp³-hybridized carbons (Fsp3) is 0.600. The van der Waals surface area contributed by atoms with Crippen molar-refractivity contribution in [2.75, 3.05) is 19.6 Å². The minimum absolute atomic E-state index is 0.152. The van der Waals surface area contributed by atoms with Gasteiger partial charge in [0.2, 0.25) is 23.6 Å². The Morgan fingerprint density at radius 3 is 2.09 bits per heavy atom. The molecule has 34 heavy (non-hydrogen) atoms. The summed E-state index contributed by atoms with van der Waals surface area (Å²) in [6.45, 7) is 9.44. The van der Waals surface area contributed by atoms with Gasteiger partial charge in [-0.25, -0.2) is 0 Å². The average molecular weight is 477 g/mol. The number of carbonyl (C=O) groups excluding carboxylic acids is 4. The number of amides is 4. The lowest BCUT2D eigenvalue weighted by Gasteiger charge is -2.22. The largest absolute Gasteiger partial charge is 0.488 e. The molecule has 0 radical (unpaired) electrons. The van der Waals surface area contributed by atoms with Crippen LogP contribution in [-0.2, 0) is 25.6 Å². The Labute approximate surface area is 202 Å². The highest BCUT2D eigenvalue weighted by Gasteiger charge is 2.21. The minimum Gasteiger partial charge on any atom is -0.488 e. The van der Waals surface area contributed by atoms with E-state index in [-0.39, 0.29) is 36.9 Å². The molecule has 0 saturated carbocycles. The Hall–Kier alpha value is -3.10. The fourth-order valence-electron chi connectivity index (χ4n) is 3.11. The summed E-state index contributed by atoms with van der Waals surface area (Å²) >= 11 is 0. The predicted octanol–water partition coefficient (Wildman–Crippen LogP) is 1.84. The number of carbonyl (C=O) groups is 4. The molecule has 190 valence electrons. The molecule has 0 heterocycles. The second-order valence-electron chi connectivity index (χ2n) is 9.22. The van der Waals surface area contributed by atoms with Crippen LogP contribution in [0.4, 0.5) is 0 Å². The normalized spacial score (nSPS) is 11.8. The maximum Gasteiger partial charge on any atom is 0.243 e. The maximum absolute atomic E-state index is 12.6. The van der Waals surface area contributed by atoms with Gasteiger partial charge >= 0.3 is 0 Å². The van der Waals surface area contributed by atoms with Crippen molar-refractivity contribution in [3.8, 4) is 5.75 Å². The van der Waals surface area contributed by atoms with E-state index in [0.717, 1.165) is 31.2 Å². The van der Waals surface area contributed by atoms with Crippen molar-refractivity contribution in [3.05, 3.63) is 29.8 Å². The lowest BCUT2D eigenvalue weighted by atomic mass is 10.0. The van der Waals surface area contributed by atoms with E-state index in [1.165, 1.54) is 6.92 Å². The van der Waals surface area contributed by atoms with Crippen LogP contribution < -0.4 is 26.0 Å². The van der Waals surface area contributed by atoms with Crippen molar-refractivity contribution in [1.82, 2.24) is 21.3 Å². The van der Waals surface area contributed by atoms with E-state index in [1.807, 2.05) is 45.0 Å². The second kappa shape index (κ2) is 14.9. The summed E-state index contributed by atoms with van der Waals surface area (Å²) in [6.07, 6.45) is 4.46. The first-order valence-corrected chi connectivity index (χ1v) is 11.9. The highest BCUT2D eigenvalue weighted by atomic mass is 16.5. The fourth-order valence-corrected chi connectivity index (χ4v) is 3.11. The Kier molecular flexibility index (Phi) is 12.7. The van der Waals surface area contributed by atoms with Crippen molar-refractivity contribution >= 4 is 23.6 Å². The summed E-state index contributed by atoms with van der Waals surface area (Å²) in [5.41, 5.74) is 0.505. The molecule has 1 rings (SSSR count). The number of hydrogen-bond acceptors (Lipinski definition) is 5. The van der Waals surface area contributed by atoms with E-state index in [0.29, 0.717) is 12.3 Å². The van der Waals surface area contributed by atoms with Gasteiger partial charge in [0, 0.05) is 19.9 Å². The van der Waals surface area contributed by atoms with Crippen LogP contribution in [0.25, 0.3) is 0 Å². The SMILES string of the molecule is CCCCCCNC(=O)CNC(=O)CNC(=O)C(Cc1ccc(OC(C)(C)C)cc1)NC(C)=O. The standard InChI is InChI=1S/C25H40N4O5/c1-6-7-8-9-14-26-22(31)16-27-23(32)17-28-24(33)21(29-18(2)30)15-19-10-12-20(13-11-19)34-25(3,4)5/h10-13,21H,6-9,14-17H2,1-5H3,(H,26,31)(H,27,32)(H,28,33)(H,29,30). The van der Waals surface area contributed by atoms with E-state index in [4.69, 9.17) is 4.74 Å². The summed E-state index contributed by atoms with van der Waals surface area (Å²) in [4.78, 5) is 48.0. The molecule has 0 saturated heterocycles. The first-order valence-electron chi connectivity index (χ1n) is 11.9. The molecule has 1 aromatic carbocycles. The van der Waals surface area contributed by atoms with Crippen LogP contribution in [-0.4, -0.2) is 54.9 Å². The Morgan fingerprint density at radius 1 is 0.882 bits per heavy atom. The van der Waals surface area contributed by atoms with Crippen LogP contribution in [0, 0.1) is 0 Å². The van der Waals surface area contributed by atoms with Gasteiger partial charge in [0.1, 0.15) is 17.4 Å². The van der Waals surface area contributed by atoms with Crippen LogP contribution in [0.5, 0.6) is 5.75 Å². The topological polar surface area (TPSA) is 126 Å². The zero-order valence-corrected chi connectivity index (χ0v) is 21.1. The lowest BCUT2D eigenvalue weighted by Crippen LogP contribution is -2.50. The van der Waals surface area contributed by atoms with Crippen molar-refractivity contribution in [2.24, 2.45) is 0 Å². The number of nitrogens with one attached hydrogen (secondary N) is 4. The zero-order valence-electron chi connectivity index (χ0n) is 21.1. The molecular formula is C25H40N4O5. The van der Waals surface area contributed by atoms with E-state index in [1.54, 1.807) is 0 Å². The molecule has 0 fully saturated rings. The summed E-state index contributed by atoms with van der Waals surface area (Å²) in [6, 6.07) is 6.44. The molecule has 0 spiro atoms. The number of benzene rings is 1. The van der Waals surface area contributed by atoms with Gasteiger partial charge in [-0.3, -0.25) is 19.2 Å². The van der Waals surface area contributed by atoms with Gasteiger partial charge in [0.15, 0.2) is 0 Å². The van der Waals surface area contributed by atoms with Gasteiger partial charge < -0.3 is 26.0 Å². The first kappa shape index (κ1) is 28.9. The number of ether oxygens (including phenoxy) is 1. The van der Waals surface area contributed by atoms with Crippen LogP contribution in [0.3, 0.4) is 0 Å². The summed E-state index contributed by atoms with van der Waals surface area (Å²) in [5, 5.41) is 10.4. The smallest absolute Gasteiger partial charge is 0.243 e. The molecule has 0 aliphatic carbocycles. The van der Waals surface area contributed by atoms with Crippen molar-refractivity contribution in [3.63, 3.8) is 0 Å².